The van der Waals surface area contributed by atoms with Gasteiger partial charge in [-0.05, 0) is 31.2 Å². The number of nitrogens with one attached hydrogen (secondary N) is 1. The Balaban J connectivity index is 0.00000201. The molecule has 48 heavy (non-hydrogen) atoms. The molecule has 0 spiro atoms. The van der Waals surface area contributed by atoms with Crippen LogP contribution in [-0.2, 0) is 19.2 Å². The fourth-order valence-electron chi connectivity index (χ4n) is 5.36. The van der Waals surface area contributed by atoms with Crippen molar-refractivity contribution in [1.29, 1.82) is 0 Å². The number of para-hydroxylation sites is 2. The van der Waals surface area contributed by atoms with Gasteiger partial charge in [0.15, 0.2) is 12.4 Å². The topological polar surface area (TPSA) is 154 Å². The zero-order valence-electron chi connectivity index (χ0n) is 28.0. The van der Waals surface area contributed by atoms with E-state index in [0.717, 1.165) is 41.5 Å². The van der Waals surface area contributed by atoms with Crippen molar-refractivity contribution in [3.05, 3.63) is 73.1 Å². The zero-order valence-corrected chi connectivity index (χ0v) is 28.0. The molecule has 3 amide bonds. The Bertz CT molecular complexity index is 1620. The number of rotatable bonds is 19. The van der Waals surface area contributed by atoms with Gasteiger partial charge in [0.1, 0.15) is 22.5 Å². The number of carbonyl (C=O) groups is 4. The molecule has 256 valence electrons. The van der Waals surface area contributed by atoms with Gasteiger partial charge in [0.2, 0.25) is 12.8 Å². The number of Topliss-reactive ketones (excluding diaryl/α,β-unsaturated/α-hetero) is 1. The van der Waals surface area contributed by atoms with E-state index in [1.54, 1.807) is 23.4 Å². The van der Waals surface area contributed by atoms with E-state index in [1.807, 2.05) is 68.4 Å². The van der Waals surface area contributed by atoms with E-state index in [4.69, 9.17) is 14.3 Å². The SMILES string of the molecule is CC[N+](CCCOc1cccc2cccnc12)(CCNC=O)CCN(CC(=O)C(C)C)C(=O)COc1cccc2cccnc12.NC=O. The molecule has 4 aromatic rings. The van der Waals surface area contributed by atoms with Crippen molar-refractivity contribution in [3.63, 3.8) is 0 Å². The summed E-state index contributed by atoms with van der Waals surface area (Å²) in [4.78, 5) is 56.5. The van der Waals surface area contributed by atoms with Gasteiger partial charge in [0, 0.05) is 35.5 Å². The number of hydrogen-bond donors (Lipinski definition) is 2. The summed E-state index contributed by atoms with van der Waals surface area (Å²) >= 11 is 0. The van der Waals surface area contributed by atoms with Crippen LogP contribution in [0.5, 0.6) is 11.5 Å². The lowest BCUT2D eigenvalue weighted by molar-refractivity contribution is -0.925. The highest BCUT2D eigenvalue weighted by Crippen LogP contribution is 2.24. The normalized spacial score (nSPS) is 12.0. The number of benzene rings is 2. The highest BCUT2D eigenvalue weighted by Gasteiger charge is 2.28. The Kier molecular flexibility index (Phi) is 15.2. The highest BCUT2D eigenvalue weighted by molar-refractivity contribution is 5.88. The number of carbonyl (C=O) groups excluding carboxylic acids is 4. The molecule has 1 atom stereocenters. The number of aromatic nitrogens is 2. The molecule has 0 fully saturated rings. The third-order valence-corrected chi connectivity index (χ3v) is 8.25. The van der Waals surface area contributed by atoms with Crippen molar-refractivity contribution in [2.45, 2.75) is 27.2 Å². The van der Waals surface area contributed by atoms with Gasteiger partial charge in [-0.15, -0.1) is 0 Å². The van der Waals surface area contributed by atoms with Crippen LogP contribution in [0, 0.1) is 5.92 Å². The van der Waals surface area contributed by atoms with Crippen molar-refractivity contribution in [1.82, 2.24) is 20.2 Å². The number of ketones is 1. The first-order chi connectivity index (χ1) is 23.3. The minimum Gasteiger partial charge on any atom is -0.491 e. The van der Waals surface area contributed by atoms with E-state index >= 15 is 0 Å². The van der Waals surface area contributed by atoms with Gasteiger partial charge in [-0.2, -0.15) is 0 Å². The molecule has 0 saturated heterocycles. The summed E-state index contributed by atoms with van der Waals surface area (Å²) < 4.78 is 12.8. The smallest absolute Gasteiger partial charge is 0.261 e. The van der Waals surface area contributed by atoms with E-state index in [1.165, 1.54) is 0 Å². The van der Waals surface area contributed by atoms with Crippen LogP contribution in [0.4, 0.5) is 0 Å². The second-order valence-corrected chi connectivity index (χ2v) is 11.6. The maximum atomic E-state index is 13.5. The Hall–Kier alpha value is -5.10. The predicted octanol–water partition coefficient (Wildman–Crippen LogP) is 3.37. The van der Waals surface area contributed by atoms with Crippen LogP contribution in [-0.4, -0.2) is 103 Å². The molecule has 2 aromatic carbocycles. The average molecular weight is 660 g/mol. The zero-order chi connectivity index (χ0) is 34.8. The van der Waals surface area contributed by atoms with Gasteiger partial charge in [-0.1, -0.05) is 50.2 Å². The second-order valence-electron chi connectivity index (χ2n) is 11.6. The molecular formula is C36H47N6O6+. The lowest BCUT2D eigenvalue weighted by Crippen LogP contribution is -2.56. The summed E-state index contributed by atoms with van der Waals surface area (Å²) in [5.41, 5.74) is 5.68. The van der Waals surface area contributed by atoms with E-state index in [9.17, 15) is 14.4 Å². The molecule has 4 rings (SSSR count). The summed E-state index contributed by atoms with van der Waals surface area (Å²) in [5.74, 6) is 0.798. The van der Waals surface area contributed by atoms with Crippen LogP contribution >= 0.6 is 0 Å². The maximum absolute atomic E-state index is 13.5. The van der Waals surface area contributed by atoms with Crippen LogP contribution < -0.4 is 20.5 Å². The van der Waals surface area contributed by atoms with Gasteiger partial charge in [-0.25, -0.2) is 0 Å². The number of ether oxygens (including phenoxy) is 2. The summed E-state index contributed by atoms with van der Waals surface area (Å²) in [5, 5.41) is 4.73. The Morgan fingerprint density at radius 1 is 0.896 bits per heavy atom. The molecule has 0 aliphatic carbocycles. The molecule has 0 aliphatic rings. The fourth-order valence-corrected chi connectivity index (χ4v) is 5.36. The van der Waals surface area contributed by atoms with Gasteiger partial charge in [0.25, 0.3) is 5.91 Å². The van der Waals surface area contributed by atoms with Crippen molar-refractivity contribution < 1.29 is 33.1 Å². The van der Waals surface area contributed by atoms with Gasteiger partial charge >= 0.3 is 0 Å². The lowest BCUT2D eigenvalue weighted by Gasteiger charge is -2.39. The first-order valence-electron chi connectivity index (χ1n) is 16.2. The molecule has 2 aromatic heterocycles. The molecule has 0 saturated carbocycles. The molecule has 1 unspecified atom stereocenters. The summed E-state index contributed by atoms with van der Waals surface area (Å²) in [6.07, 6.45) is 5.16. The highest BCUT2D eigenvalue weighted by atomic mass is 16.5. The first kappa shape index (κ1) is 37.4. The number of primary amides is 1. The van der Waals surface area contributed by atoms with Gasteiger partial charge in [-0.3, -0.25) is 29.1 Å². The molecule has 0 aliphatic heterocycles. The van der Waals surface area contributed by atoms with Crippen molar-refractivity contribution in [2.24, 2.45) is 11.7 Å². The minimum atomic E-state index is -0.260. The molecule has 2 heterocycles. The quantitative estimate of drug-likeness (QED) is 0.0883. The van der Waals surface area contributed by atoms with Crippen LogP contribution in [0.3, 0.4) is 0 Å². The van der Waals surface area contributed by atoms with Crippen LogP contribution in [0.15, 0.2) is 73.1 Å². The first-order valence-corrected chi connectivity index (χ1v) is 16.2. The average Bonchev–Trinajstić information content (AvgIpc) is 3.10. The Morgan fingerprint density at radius 3 is 2.04 bits per heavy atom. The van der Waals surface area contributed by atoms with E-state index in [2.05, 4.69) is 27.9 Å². The Morgan fingerprint density at radius 2 is 1.48 bits per heavy atom. The molecule has 12 heteroatoms. The van der Waals surface area contributed by atoms with Crippen molar-refractivity contribution >= 4 is 46.3 Å². The van der Waals surface area contributed by atoms with Gasteiger partial charge in [0.05, 0.1) is 52.4 Å². The summed E-state index contributed by atoms with van der Waals surface area (Å²) in [6.45, 7) is 9.83. The predicted molar refractivity (Wildman–Crippen MR) is 185 cm³/mol. The second kappa shape index (κ2) is 19.5. The summed E-state index contributed by atoms with van der Waals surface area (Å²) in [7, 11) is 0. The number of quaternary nitrogens is 1. The molecule has 3 N–H and O–H groups in total. The molecule has 0 radical (unpaired) electrons. The van der Waals surface area contributed by atoms with E-state index < -0.39 is 0 Å². The van der Waals surface area contributed by atoms with Gasteiger partial charge < -0.3 is 29.9 Å². The largest absolute Gasteiger partial charge is 0.491 e. The summed E-state index contributed by atoms with van der Waals surface area (Å²) in [6, 6.07) is 19.2. The number of amides is 3. The molecular weight excluding hydrogens is 612 g/mol. The van der Waals surface area contributed by atoms with Crippen molar-refractivity contribution in [3.8, 4) is 11.5 Å². The van der Waals surface area contributed by atoms with Crippen LogP contribution in [0.25, 0.3) is 21.8 Å². The third kappa shape index (κ3) is 11.0. The van der Waals surface area contributed by atoms with E-state index in [-0.39, 0.29) is 37.2 Å². The molecule has 0 bridgehead atoms. The standard InChI is InChI=1S/C35H43N5O5.CH3NO/c1-4-40(21-18-36-26-41,20-9-23-44-31-14-5-10-28-12-7-16-37-34(28)31)22-19-39(24-30(42)27(2)3)33(43)25-45-32-15-6-11-29-13-8-17-38-35(29)32;2-1-3/h5-8,10-17,26-27H,4,9,18-25H2,1-3H3;1H,(H2,2,3)/p+1. The monoisotopic (exact) mass is 659 g/mol. The third-order valence-electron chi connectivity index (χ3n) is 8.25. The number of fused-ring (bicyclic) bond motifs is 2. The number of likely N-dealkylation sites (N-methyl/N-ethyl adjacent to an activating group) is 1. The van der Waals surface area contributed by atoms with E-state index in [0.29, 0.717) is 54.9 Å². The number of hydrogen-bond acceptors (Lipinski definition) is 8. The fraction of sp³-hybridized carbons (Fsp3) is 0.389. The Labute approximate surface area is 281 Å². The lowest BCUT2D eigenvalue weighted by atomic mass is 10.1. The molecule has 12 nitrogen and oxygen atoms in total. The van der Waals surface area contributed by atoms with Crippen molar-refractivity contribution in [2.75, 3.05) is 59.0 Å². The minimum absolute atomic E-state index is 0.00973. The maximum Gasteiger partial charge on any atom is 0.261 e. The number of pyridine rings is 2. The van der Waals surface area contributed by atoms with Crippen LogP contribution in [0.1, 0.15) is 27.2 Å². The number of nitrogens with zero attached hydrogens (tertiary/aromatic N) is 4. The number of nitrogens with two attached hydrogens (primary N) is 1. The van der Waals surface area contributed by atoms with Crippen LogP contribution in [0.2, 0.25) is 0 Å².